The van der Waals surface area contributed by atoms with Gasteiger partial charge in [0.15, 0.2) is 0 Å². The molecule has 8 nitrogen and oxygen atoms in total. The summed E-state index contributed by atoms with van der Waals surface area (Å²) in [6.07, 6.45) is 2.08. The molecule has 0 spiro atoms. The number of carbonyl (C=O) groups is 2. The zero-order valence-electron chi connectivity index (χ0n) is 17.0. The summed E-state index contributed by atoms with van der Waals surface area (Å²) in [7, 11) is 1.80. The van der Waals surface area contributed by atoms with Crippen LogP contribution in [-0.2, 0) is 4.79 Å². The standard InChI is InChI=1S/C19H28N6O2S/c1-12-16(17(20)28-24-12)18(27)23-13-6-7-14(22-11-13)21-8-9-25(5)15(26)10-19(2,3)4/h6-7,11H,8-10,20H2,1-5H3,(H,21,22)(H,23,27). The predicted molar refractivity (Wildman–Crippen MR) is 114 cm³/mol. The van der Waals surface area contributed by atoms with Gasteiger partial charge >= 0.3 is 0 Å². The van der Waals surface area contributed by atoms with E-state index in [1.165, 1.54) is 0 Å². The van der Waals surface area contributed by atoms with Crippen molar-refractivity contribution in [3.63, 3.8) is 0 Å². The Balaban J connectivity index is 1.83. The first-order chi connectivity index (χ1) is 13.1. The average molecular weight is 405 g/mol. The summed E-state index contributed by atoms with van der Waals surface area (Å²) in [5.41, 5.74) is 7.34. The van der Waals surface area contributed by atoms with Crippen molar-refractivity contribution in [2.24, 2.45) is 5.41 Å². The van der Waals surface area contributed by atoms with Gasteiger partial charge in [0.1, 0.15) is 10.8 Å². The van der Waals surface area contributed by atoms with Gasteiger partial charge in [-0.15, -0.1) is 0 Å². The zero-order valence-corrected chi connectivity index (χ0v) is 17.8. The first kappa shape index (κ1) is 21.6. The molecule has 0 unspecified atom stereocenters. The Morgan fingerprint density at radius 3 is 2.54 bits per heavy atom. The van der Waals surface area contributed by atoms with Crippen LogP contribution in [0.1, 0.15) is 43.2 Å². The van der Waals surface area contributed by atoms with Gasteiger partial charge in [-0.2, -0.15) is 4.37 Å². The van der Waals surface area contributed by atoms with E-state index in [2.05, 4.69) is 20.0 Å². The number of rotatable bonds is 7. The lowest BCUT2D eigenvalue weighted by Gasteiger charge is -2.23. The fourth-order valence-electron chi connectivity index (χ4n) is 2.49. The van der Waals surface area contributed by atoms with Gasteiger partial charge < -0.3 is 21.3 Å². The van der Waals surface area contributed by atoms with Crippen LogP contribution in [0, 0.1) is 12.3 Å². The number of hydrogen-bond acceptors (Lipinski definition) is 7. The van der Waals surface area contributed by atoms with Crippen LogP contribution in [0.5, 0.6) is 0 Å². The number of nitrogens with two attached hydrogens (primary N) is 1. The van der Waals surface area contributed by atoms with Gasteiger partial charge in [0.05, 0.1) is 23.1 Å². The lowest BCUT2D eigenvalue weighted by molar-refractivity contribution is -0.131. The molecule has 0 saturated carbocycles. The molecule has 2 heterocycles. The average Bonchev–Trinajstić information content (AvgIpc) is 2.93. The lowest BCUT2D eigenvalue weighted by atomic mass is 9.92. The molecule has 2 aromatic rings. The molecule has 28 heavy (non-hydrogen) atoms. The second-order valence-electron chi connectivity index (χ2n) is 7.87. The SMILES string of the molecule is Cc1nsc(N)c1C(=O)Nc1ccc(NCCN(C)C(=O)CC(C)(C)C)nc1. The molecule has 0 aromatic carbocycles. The molecule has 0 saturated heterocycles. The van der Waals surface area contributed by atoms with Gasteiger partial charge in [-0.3, -0.25) is 9.59 Å². The topological polar surface area (TPSA) is 113 Å². The normalized spacial score (nSPS) is 11.2. The molecular formula is C19H28N6O2S. The number of likely N-dealkylation sites (N-methyl/N-ethyl adjacent to an activating group) is 1. The minimum absolute atomic E-state index is 0.0249. The molecule has 0 aliphatic heterocycles. The third kappa shape index (κ3) is 6.19. The highest BCUT2D eigenvalue weighted by Crippen LogP contribution is 2.22. The summed E-state index contributed by atoms with van der Waals surface area (Å²) in [6.45, 7) is 9.06. The Morgan fingerprint density at radius 1 is 1.29 bits per heavy atom. The number of anilines is 3. The van der Waals surface area contributed by atoms with Crippen LogP contribution in [-0.4, -0.2) is 46.2 Å². The number of hydrogen-bond donors (Lipinski definition) is 3. The van der Waals surface area contributed by atoms with E-state index >= 15 is 0 Å². The number of carbonyl (C=O) groups excluding carboxylic acids is 2. The summed E-state index contributed by atoms with van der Waals surface area (Å²) in [5, 5.41) is 6.34. The zero-order chi connectivity index (χ0) is 20.9. The minimum atomic E-state index is -0.301. The maximum Gasteiger partial charge on any atom is 0.260 e. The molecule has 0 radical (unpaired) electrons. The van der Waals surface area contributed by atoms with E-state index in [0.717, 1.165) is 11.5 Å². The van der Waals surface area contributed by atoms with E-state index in [9.17, 15) is 9.59 Å². The monoisotopic (exact) mass is 404 g/mol. The van der Waals surface area contributed by atoms with Crippen molar-refractivity contribution in [2.75, 3.05) is 36.5 Å². The van der Waals surface area contributed by atoms with E-state index in [1.54, 1.807) is 37.2 Å². The maximum absolute atomic E-state index is 12.3. The molecule has 2 aromatic heterocycles. The van der Waals surface area contributed by atoms with Crippen molar-refractivity contribution in [3.8, 4) is 0 Å². The molecule has 0 aliphatic carbocycles. The van der Waals surface area contributed by atoms with E-state index in [0.29, 0.717) is 47.3 Å². The van der Waals surface area contributed by atoms with Crippen molar-refractivity contribution in [1.29, 1.82) is 0 Å². The second kappa shape index (κ2) is 9.01. The van der Waals surface area contributed by atoms with E-state index < -0.39 is 0 Å². The molecule has 0 fully saturated rings. The number of nitrogens with one attached hydrogen (secondary N) is 2. The highest BCUT2D eigenvalue weighted by Gasteiger charge is 2.19. The summed E-state index contributed by atoms with van der Waals surface area (Å²) < 4.78 is 4.07. The molecule has 0 bridgehead atoms. The summed E-state index contributed by atoms with van der Waals surface area (Å²) >= 11 is 1.10. The van der Waals surface area contributed by atoms with Crippen LogP contribution in [0.25, 0.3) is 0 Å². The van der Waals surface area contributed by atoms with Gasteiger partial charge in [0.25, 0.3) is 5.91 Å². The number of nitrogen functional groups attached to an aromatic ring is 1. The van der Waals surface area contributed by atoms with Gasteiger partial charge in [-0.05, 0) is 36.0 Å². The van der Waals surface area contributed by atoms with Crippen LogP contribution < -0.4 is 16.4 Å². The van der Waals surface area contributed by atoms with Crippen molar-refractivity contribution in [1.82, 2.24) is 14.3 Å². The summed E-state index contributed by atoms with van der Waals surface area (Å²) in [4.78, 5) is 30.4. The van der Waals surface area contributed by atoms with Gasteiger partial charge in [-0.1, -0.05) is 20.8 Å². The van der Waals surface area contributed by atoms with Crippen LogP contribution in [0.3, 0.4) is 0 Å². The van der Waals surface area contributed by atoms with Crippen LogP contribution >= 0.6 is 11.5 Å². The van der Waals surface area contributed by atoms with Gasteiger partial charge in [-0.25, -0.2) is 4.98 Å². The Morgan fingerprint density at radius 2 is 2.00 bits per heavy atom. The molecule has 9 heteroatoms. The van der Waals surface area contributed by atoms with Crippen LogP contribution in [0.15, 0.2) is 18.3 Å². The number of amides is 2. The fraction of sp³-hybridized carbons (Fsp3) is 0.474. The summed E-state index contributed by atoms with van der Waals surface area (Å²) in [6, 6.07) is 3.53. The van der Waals surface area contributed by atoms with Crippen molar-refractivity contribution < 1.29 is 9.59 Å². The molecule has 152 valence electrons. The predicted octanol–water partition coefficient (Wildman–Crippen LogP) is 2.99. The van der Waals surface area contributed by atoms with Gasteiger partial charge in [0, 0.05) is 26.6 Å². The lowest BCUT2D eigenvalue weighted by Crippen LogP contribution is -2.33. The van der Waals surface area contributed by atoms with Crippen LogP contribution in [0.2, 0.25) is 0 Å². The van der Waals surface area contributed by atoms with E-state index in [-0.39, 0.29) is 17.2 Å². The number of aromatic nitrogens is 2. The molecule has 4 N–H and O–H groups in total. The van der Waals surface area contributed by atoms with Crippen molar-refractivity contribution >= 4 is 39.9 Å². The van der Waals surface area contributed by atoms with Crippen LogP contribution in [0.4, 0.5) is 16.5 Å². The molecule has 2 amide bonds. The van der Waals surface area contributed by atoms with Crippen molar-refractivity contribution in [3.05, 3.63) is 29.6 Å². The Hall–Kier alpha value is -2.68. The first-order valence-electron chi connectivity index (χ1n) is 9.04. The molecule has 0 atom stereocenters. The number of pyridine rings is 1. The van der Waals surface area contributed by atoms with Crippen molar-refractivity contribution in [2.45, 2.75) is 34.1 Å². The fourth-order valence-corrected chi connectivity index (χ4v) is 3.15. The Bertz CT molecular complexity index is 806. The van der Waals surface area contributed by atoms with E-state index in [1.807, 2.05) is 20.8 Å². The number of nitrogens with zero attached hydrogens (tertiary/aromatic N) is 3. The smallest absolute Gasteiger partial charge is 0.260 e. The molecular weight excluding hydrogens is 376 g/mol. The second-order valence-corrected chi connectivity index (χ2v) is 8.68. The first-order valence-corrected chi connectivity index (χ1v) is 9.81. The van der Waals surface area contributed by atoms with Gasteiger partial charge in [0.2, 0.25) is 5.91 Å². The summed E-state index contributed by atoms with van der Waals surface area (Å²) in [5.74, 6) is 0.491. The maximum atomic E-state index is 12.3. The highest BCUT2D eigenvalue weighted by atomic mass is 32.1. The Labute approximate surface area is 169 Å². The molecule has 0 aliphatic rings. The molecule has 2 rings (SSSR count). The third-order valence-corrected chi connectivity index (χ3v) is 4.76. The Kier molecular flexibility index (Phi) is 6.95. The number of aryl methyl sites for hydroxylation is 1. The third-order valence-electron chi connectivity index (χ3n) is 4.00. The highest BCUT2D eigenvalue weighted by molar-refractivity contribution is 7.10. The van der Waals surface area contributed by atoms with E-state index in [4.69, 9.17) is 5.73 Å². The largest absolute Gasteiger partial charge is 0.389 e. The minimum Gasteiger partial charge on any atom is -0.389 e. The quantitative estimate of drug-likeness (QED) is 0.654.